The minimum absolute atomic E-state index is 0.0193. The van der Waals surface area contributed by atoms with Crippen molar-refractivity contribution in [2.75, 3.05) is 37.6 Å². The minimum Gasteiger partial charge on any atom is -0.307 e. The SMILES string of the molecule is NS(=O)(=O)N1CCN(CC(=O)N(Cc2ccccc2)c2ccccc2)CC1. The number of rotatable bonds is 6. The summed E-state index contributed by atoms with van der Waals surface area (Å²) in [5, 5.41) is 5.17. The summed E-state index contributed by atoms with van der Waals surface area (Å²) in [5.41, 5.74) is 1.89. The van der Waals surface area contributed by atoms with Crippen molar-refractivity contribution in [1.29, 1.82) is 0 Å². The molecule has 1 heterocycles. The van der Waals surface area contributed by atoms with Gasteiger partial charge in [-0.25, -0.2) is 5.14 Å². The number of piperazine rings is 1. The van der Waals surface area contributed by atoms with E-state index in [1.165, 1.54) is 4.31 Å². The summed E-state index contributed by atoms with van der Waals surface area (Å²) < 4.78 is 24.1. The number of hydrogen-bond acceptors (Lipinski definition) is 4. The van der Waals surface area contributed by atoms with E-state index in [1.54, 1.807) is 4.90 Å². The molecule has 2 aromatic carbocycles. The van der Waals surface area contributed by atoms with Gasteiger partial charge in [-0.1, -0.05) is 48.5 Å². The topological polar surface area (TPSA) is 87.0 Å². The van der Waals surface area contributed by atoms with Crippen LogP contribution in [0.2, 0.25) is 0 Å². The van der Waals surface area contributed by atoms with Gasteiger partial charge in [0.2, 0.25) is 5.91 Å². The van der Waals surface area contributed by atoms with Crippen molar-refractivity contribution in [2.24, 2.45) is 5.14 Å². The first-order valence-electron chi connectivity index (χ1n) is 8.83. The van der Waals surface area contributed by atoms with Gasteiger partial charge in [-0.2, -0.15) is 12.7 Å². The molecule has 1 amide bonds. The van der Waals surface area contributed by atoms with Gasteiger partial charge in [0, 0.05) is 31.9 Å². The van der Waals surface area contributed by atoms with Gasteiger partial charge in [0.1, 0.15) is 0 Å². The lowest BCUT2D eigenvalue weighted by Gasteiger charge is -2.34. The summed E-state index contributed by atoms with van der Waals surface area (Å²) in [7, 11) is -3.67. The van der Waals surface area contributed by atoms with Gasteiger partial charge in [0.05, 0.1) is 13.1 Å². The highest BCUT2D eigenvalue weighted by atomic mass is 32.2. The molecule has 0 bridgehead atoms. The maximum Gasteiger partial charge on any atom is 0.276 e. The lowest BCUT2D eigenvalue weighted by molar-refractivity contribution is -0.120. The third-order valence-electron chi connectivity index (χ3n) is 4.60. The van der Waals surface area contributed by atoms with Gasteiger partial charge in [-0.3, -0.25) is 9.69 Å². The lowest BCUT2D eigenvalue weighted by atomic mass is 10.2. The molecular formula is C19H24N4O3S. The highest BCUT2D eigenvalue weighted by Gasteiger charge is 2.26. The molecule has 0 unspecified atom stereocenters. The van der Waals surface area contributed by atoms with E-state index in [1.807, 2.05) is 65.6 Å². The van der Waals surface area contributed by atoms with E-state index in [-0.39, 0.29) is 12.5 Å². The number of amides is 1. The van der Waals surface area contributed by atoms with Crippen LogP contribution in [0.5, 0.6) is 0 Å². The quantitative estimate of drug-likeness (QED) is 0.801. The van der Waals surface area contributed by atoms with Gasteiger partial charge >= 0.3 is 0 Å². The van der Waals surface area contributed by atoms with E-state index in [0.717, 1.165) is 11.3 Å². The van der Waals surface area contributed by atoms with Crippen LogP contribution in [0.15, 0.2) is 60.7 Å². The Balaban J connectivity index is 1.68. The van der Waals surface area contributed by atoms with Crippen molar-refractivity contribution in [3.05, 3.63) is 66.2 Å². The Morgan fingerprint density at radius 3 is 2.04 bits per heavy atom. The summed E-state index contributed by atoms with van der Waals surface area (Å²) in [4.78, 5) is 16.8. The predicted molar refractivity (Wildman–Crippen MR) is 105 cm³/mol. The van der Waals surface area contributed by atoms with E-state index < -0.39 is 10.2 Å². The number of carbonyl (C=O) groups excluding carboxylic acids is 1. The average molecular weight is 388 g/mol. The van der Waals surface area contributed by atoms with Crippen LogP contribution >= 0.6 is 0 Å². The van der Waals surface area contributed by atoms with Crippen molar-refractivity contribution >= 4 is 21.8 Å². The van der Waals surface area contributed by atoms with Crippen LogP contribution in [0.1, 0.15) is 5.56 Å². The molecule has 0 aliphatic carbocycles. The van der Waals surface area contributed by atoms with Crippen molar-refractivity contribution in [3.8, 4) is 0 Å². The summed E-state index contributed by atoms with van der Waals surface area (Å²) >= 11 is 0. The van der Waals surface area contributed by atoms with Crippen LogP contribution in [0.25, 0.3) is 0 Å². The Kier molecular flexibility index (Phi) is 6.22. The average Bonchev–Trinajstić information content (AvgIpc) is 2.67. The van der Waals surface area contributed by atoms with Crippen molar-refractivity contribution in [3.63, 3.8) is 0 Å². The van der Waals surface area contributed by atoms with E-state index in [2.05, 4.69) is 0 Å². The van der Waals surface area contributed by atoms with Crippen LogP contribution in [0.3, 0.4) is 0 Å². The Labute approximate surface area is 160 Å². The number of carbonyl (C=O) groups is 1. The largest absolute Gasteiger partial charge is 0.307 e. The first-order chi connectivity index (χ1) is 12.9. The van der Waals surface area contributed by atoms with E-state index >= 15 is 0 Å². The summed E-state index contributed by atoms with van der Waals surface area (Å²) in [6, 6.07) is 19.4. The molecule has 1 fully saturated rings. The van der Waals surface area contributed by atoms with Gasteiger partial charge in [-0.15, -0.1) is 0 Å². The molecule has 27 heavy (non-hydrogen) atoms. The van der Waals surface area contributed by atoms with E-state index in [9.17, 15) is 13.2 Å². The molecule has 0 aromatic heterocycles. The second kappa shape index (κ2) is 8.62. The molecular weight excluding hydrogens is 364 g/mol. The second-order valence-corrected chi connectivity index (χ2v) is 8.07. The van der Waals surface area contributed by atoms with Crippen LogP contribution in [-0.4, -0.2) is 56.3 Å². The summed E-state index contributed by atoms with van der Waals surface area (Å²) in [5.74, 6) is -0.0193. The van der Waals surface area contributed by atoms with Crippen molar-refractivity contribution in [1.82, 2.24) is 9.21 Å². The molecule has 0 radical (unpaired) electrons. The maximum absolute atomic E-state index is 13.0. The van der Waals surface area contributed by atoms with Crippen molar-refractivity contribution < 1.29 is 13.2 Å². The van der Waals surface area contributed by atoms with Crippen LogP contribution in [-0.2, 0) is 21.5 Å². The molecule has 1 aliphatic rings. The molecule has 0 saturated carbocycles. The first-order valence-corrected chi connectivity index (χ1v) is 10.3. The number of hydrogen-bond donors (Lipinski definition) is 1. The Morgan fingerprint density at radius 1 is 0.926 bits per heavy atom. The molecule has 0 spiro atoms. The smallest absolute Gasteiger partial charge is 0.276 e. The van der Waals surface area contributed by atoms with Crippen LogP contribution < -0.4 is 10.0 Å². The second-order valence-electron chi connectivity index (χ2n) is 6.52. The van der Waals surface area contributed by atoms with Crippen LogP contribution in [0, 0.1) is 0 Å². The monoisotopic (exact) mass is 388 g/mol. The zero-order valence-corrected chi connectivity index (χ0v) is 15.9. The standard InChI is InChI=1S/C19H24N4O3S/c20-27(25,26)22-13-11-21(12-14-22)16-19(24)23(18-9-5-2-6-10-18)15-17-7-3-1-4-8-17/h1-10H,11-16H2,(H2,20,25,26). The number of anilines is 1. The first kappa shape index (κ1) is 19.5. The maximum atomic E-state index is 13.0. The van der Waals surface area contributed by atoms with E-state index in [0.29, 0.717) is 32.7 Å². The van der Waals surface area contributed by atoms with Gasteiger partial charge in [0.25, 0.3) is 10.2 Å². The zero-order chi connectivity index (χ0) is 19.3. The molecule has 1 saturated heterocycles. The predicted octanol–water partition coefficient (Wildman–Crippen LogP) is 1.04. The Bertz CT molecular complexity index is 851. The number of benzene rings is 2. The normalized spacial score (nSPS) is 16.2. The van der Waals surface area contributed by atoms with Gasteiger partial charge in [-0.05, 0) is 17.7 Å². The fourth-order valence-electron chi connectivity index (χ4n) is 3.12. The zero-order valence-electron chi connectivity index (χ0n) is 15.1. The minimum atomic E-state index is -3.67. The number of nitrogens with two attached hydrogens (primary N) is 1. The Morgan fingerprint density at radius 2 is 1.48 bits per heavy atom. The van der Waals surface area contributed by atoms with Crippen LogP contribution in [0.4, 0.5) is 5.69 Å². The van der Waals surface area contributed by atoms with Crippen molar-refractivity contribution in [2.45, 2.75) is 6.54 Å². The molecule has 1 aliphatic heterocycles. The van der Waals surface area contributed by atoms with E-state index in [4.69, 9.17) is 5.14 Å². The van der Waals surface area contributed by atoms with Gasteiger partial charge < -0.3 is 4.90 Å². The number of nitrogens with zero attached hydrogens (tertiary/aromatic N) is 3. The Hall–Kier alpha value is -2.26. The highest BCUT2D eigenvalue weighted by Crippen LogP contribution is 2.18. The number of para-hydroxylation sites is 1. The molecule has 144 valence electrons. The molecule has 8 heteroatoms. The molecule has 2 aromatic rings. The fraction of sp³-hybridized carbons (Fsp3) is 0.316. The third-order valence-corrected chi connectivity index (χ3v) is 5.69. The molecule has 7 nitrogen and oxygen atoms in total. The molecule has 2 N–H and O–H groups in total. The molecule has 0 atom stereocenters. The van der Waals surface area contributed by atoms with Gasteiger partial charge in [0.15, 0.2) is 0 Å². The lowest BCUT2D eigenvalue weighted by Crippen LogP contribution is -2.52. The molecule has 3 rings (SSSR count). The fourth-order valence-corrected chi connectivity index (χ4v) is 3.79. The third kappa shape index (κ3) is 5.36. The summed E-state index contributed by atoms with van der Waals surface area (Å²) in [6.07, 6.45) is 0. The highest BCUT2D eigenvalue weighted by molar-refractivity contribution is 7.86. The summed E-state index contributed by atoms with van der Waals surface area (Å²) in [6.45, 7) is 2.29.